The topological polar surface area (TPSA) is 26.3 Å². The van der Waals surface area contributed by atoms with Gasteiger partial charge in [0.1, 0.15) is 6.61 Å². The number of halogens is 2. The molecule has 0 bridgehead atoms. The smallest absolute Gasteiger partial charge is 0.339 e. The minimum atomic E-state index is -0.444. The van der Waals surface area contributed by atoms with Crippen LogP contribution in [-0.2, 0) is 11.3 Å². The Bertz CT molecular complexity index is 986. The Kier molecular flexibility index (Phi) is 5.96. The molecule has 0 fully saturated rings. The quantitative estimate of drug-likeness (QED) is 0.427. The van der Waals surface area contributed by atoms with Gasteiger partial charge in [-0.1, -0.05) is 71.4 Å². The summed E-state index contributed by atoms with van der Waals surface area (Å²) in [6.45, 7) is 0.198. The van der Waals surface area contributed by atoms with E-state index in [-0.39, 0.29) is 6.61 Å². The third kappa shape index (κ3) is 4.89. The second-order valence-corrected chi connectivity index (χ2v) is 6.38. The Hall–Kier alpha value is -2.73. The van der Waals surface area contributed by atoms with Gasteiger partial charge in [-0.3, -0.25) is 0 Å². The Morgan fingerprint density at radius 1 is 0.846 bits per heavy atom. The molecule has 2 nitrogen and oxygen atoms in total. The van der Waals surface area contributed by atoms with E-state index in [9.17, 15) is 4.79 Å². The minimum absolute atomic E-state index is 0.198. The molecule has 0 aliphatic rings. The first-order chi connectivity index (χ1) is 12.6. The maximum atomic E-state index is 12.5. The van der Waals surface area contributed by atoms with E-state index in [1.165, 1.54) is 0 Å². The molecule has 0 aliphatic carbocycles. The predicted molar refractivity (Wildman–Crippen MR) is 104 cm³/mol. The zero-order valence-corrected chi connectivity index (χ0v) is 15.2. The third-order valence-electron chi connectivity index (χ3n) is 3.58. The van der Waals surface area contributed by atoms with Gasteiger partial charge in [0, 0.05) is 21.2 Å². The van der Waals surface area contributed by atoms with E-state index in [4.69, 9.17) is 27.9 Å². The maximum absolute atomic E-state index is 12.5. The summed E-state index contributed by atoms with van der Waals surface area (Å²) in [5, 5.41) is 1.10. The summed E-state index contributed by atoms with van der Waals surface area (Å²) in [7, 11) is 0. The zero-order valence-electron chi connectivity index (χ0n) is 13.7. The average Bonchev–Trinajstić information content (AvgIpc) is 2.65. The fraction of sp³-hybridized carbons (Fsp3) is 0.0455. The highest BCUT2D eigenvalue weighted by atomic mass is 35.5. The van der Waals surface area contributed by atoms with Crippen LogP contribution in [0.15, 0.2) is 72.8 Å². The fourth-order valence-corrected chi connectivity index (χ4v) is 2.67. The molecule has 0 aliphatic heterocycles. The molecular formula is C22H14Cl2O2. The summed E-state index contributed by atoms with van der Waals surface area (Å²) in [6.07, 6.45) is 0. The molecule has 0 aromatic heterocycles. The fourth-order valence-electron chi connectivity index (χ4n) is 2.30. The molecule has 128 valence electrons. The number of benzene rings is 3. The SMILES string of the molecule is O=C(OCc1ccccc1)c1ccc(Cl)cc1C#Cc1cccc(Cl)c1. The molecule has 0 radical (unpaired) electrons. The van der Waals surface area contributed by atoms with Crippen LogP contribution in [0.25, 0.3) is 0 Å². The monoisotopic (exact) mass is 380 g/mol. The van der Waals surface area contributed by atoms with E-state index >= 15 is 0 Å². The molecule has 4 heteroatoms. The Labute approximate surface area is 162 Å². The second kappa shape index (κ2) is 8.58. The van der Waals surface area contributed by atoms with Gasteiger partial charge < -0.3 is 4.74 Å². The predicted octanol–water partition coefficient (Wildman–Crippen LogP) is 5.75. The van der Waals surface area contributed by atoms with E-state index in [1.807, 2.05) is 42.5 Å². The average molecular weight is 381 g/mol. The maximum Gasteiger partial charge on any atom is 0.339 e. The Morgan fingerprint density at radius 3 is 2.38 bits per heavy atom. The van der Waals surface area contributed by atoms with Gasteiger partial charge in [-0.05, 0) is 42.0 Å². The summed E-state index contributed by atoms with van der Waals surface area (Å²) in [4.78, 5) is 12.5. The zero-order chi connectivity index (χ0) is 18.4. The lowest BCUT2D eigenvalue weighted by Gasteiger charge is -2.07. The van der Waals surface area contributed by atoms with Gasteiger partial charge >= 0.3 is 5.97 Å². The van der Waals surface area contributed by atoms with Crippen molar-refractivity contribution in [1.29, 1.82) is 0 Å². The highest BCUT2D eigenvalue weighted by Gasteiger charge is 2.12. The molecule has 3 aromatic rings. The number of carbonyl (C=O) groups is 1. The van der Waals surface area contributed by atoms with Crippen molar-refractivity contribution in [1.82, 2.24) is 0 Å². The van der Waals surface area contributed by atoms with Crippen LogP contribution in [0.2, 0.25) is 10.0 Å². The lowest BCUT2D eigenvalue weighted by atomic mass is 10.1. The summed E-state index contributed by atoms with van der Waals surface area (Å²) in [5.74, 6) is 5.54. The van der Waals surface area contributed by atoms with Crippen molar-refractivity contribution in [3.8, 4) is 11.8 Å². The van der Waals surface area contributed by atoms with Crippen LogP contribution in [0.3, 0.4) is 0 Å². The van der Waals surface area contributed by atoms with Crippen molar-refractivity contribution in [3.63, 3.8) is 0 Å². The first-order valence-corrected chi connectivity index (χ1v) is 8.65. The highest BCUT2D eigenvalue weighted by Crippen LogP contribution is 2.18. The summed E-state index contributed by atoms with van der Waals surface area (Å²) >= 11 is 12.0. The second-order valence-electron chi connectivity index (χ2n) is 5.51. The van der Waals surface area contributed by atoms with Crippen molar-refractivity contribution in [2.45, 2.75) is 6.61 Å². The van der Waals surface area contributed by atoms with Crippen LogP contribution in [0, 0.1) is 11.8 Å². The molecule has 3 rings (SSSR count). The largest absolute Gasteiger partial charge is 0.457 e. The van der Waals surface area contributed by atoms with Gasteiger partial charge in [-0.25, -0.2) is 4.79 Å². The first kappa shape index (κ1) is 18.1. The molecular weight excluding hydrogens is 367 g/mol. The minimum Gasteiger partial charge on any atom is -0.457 e. The molecule has 0 spiro atoms. The van der Waals surface area contributed by atoms with Crippen molar-refractivity contribution in [2.75, 3.05) is 0 Å². The van der Waals surface area contributed by atoms with Gasteiger partial charge in [0.2, 0.25) is 0 Å². The molecule has 0 saturated carbocycles. The normalized spacial score (nSPS) is 9.92. The van der Waals surface area contributed by atoms with Crippen molar-refractivity contribution in [3.05, 3.63) is 105 Å². The lowest BCUT2D eigenvalue weighted by molar-refractivity contribution is 0.0472. The number of hydrogen-bond donors (Lipinski definition) is 0. The standard InChI is InChI=1S/C22H14Cl2O2/c23-19-8-4-7-16(13-19)9-10-18-14-20(24)11-12-21(18)22(25)26-15-17-5-2-1-3-6-17/h1-8,11-14H,15H2. The van der Waals surface area contributed by atoms with Crippen LogP contribution >= 0.6 is 23.2 Å². The number of rotatable bonds is 3. The van der Waals surface area contributed by atoms with Crippen LogP contribution in [0.5, 0.6) is 0 Å². The van der Waals surface area contributed by atoms with Gasteiger partial charge in [-0.15, -0.1) is 0 Å². The van der Waals surface area contributed by atoms with E-state index in [1.54, 1.807) is 30.3 Å². The van der Waals surface area contributed by atoms with E-state index < -0.39 is 5.97 Å². The van der Waals surface area contributed by atoms with Crippen molar-refractivity contribution in [2.24, 2.45) is 0 Å². The molecule has 0 saturated heterocycles. The number of ether oxygens (including phenoxy) is 1. The van der Waals surface area contributed by atoms with Crippen LogP contribution < -0.4 is 0 Å². The number of hydrogen-bond acceptors (Lipinski definition) is 2. The van der Waals surface area contributed by atoms with E-state index in [2.05, 4.69) is 11.8 Å². The summed E-state index contributed by atoms with van der Waals surface area (Å²) in [5.41, 5.74) is 2.55. The Morgan fingerprint density at radius 2 is 1.62 bits per heavy atom. The molecule has 0 amide bonds. The van der Waals surface area contributed by atoms with Gasteiger partial charge in [-0.2, -0.15) is 0 Å². The van der Waals surface area contributed by atoms with Crippen molar-refractivity contribution >= 4 is 29.2 Å². The van der Waals surface area contributed by atoms with Gasteiger partial charge in [0.05, 0.1) is 5.56 Å². The highest BCUT2D eigenvalue weighted by molar-refractivity contribution is 6.31. The van der Waals surface area contributed by atoms with E-state index in [0.717, 1.165) is 11.1 Å². The lowest BCUT2D eigenvalue weighted by Crippen LogP contribution is -2.07. The van der Waals surface area contributed by atoms with Crippen LogP contribution in [0.4, 0.5) is 0 Å². The third-order valence-corrected chi connectivity index (χ3v) is 4.05. The molecule has 0 N–H and O–H groups in total. The summed E-state index contributed by atoms with van der Waals surface area (Å²) < 4.78 is 5.39. The Balaban J connectivity index is 1.83. The van der Waals surface area contributed by atoms with Gasteiger partial charge in [0.25, 0.3) is 0 Å². The molecule has 3 aromatic carbocycles. The van der Waals surface area contributed by atoms with Gasteiger partial charge in [0.15, 0.2) is 0 Å². The summed E-state index contributed by atoms with van der Waals surface area (Å²) in [6, 6.07) is 21.6. The van der Waals surface area contributed by atoms with E-state index in [0.29, 0.717) is 21.2 Å². The van der Waals surface area contributed by atoms with Crippen LogP contribution in [0.1, 0.15) is 27.0 Å². The first-order valence-electron chi connectivity index (χ1n) is 7.90. The van der Waals surface area contributed by atoms with Crippen molar-refractivity contribution < 1.29 is 9.53 Å². The number of carbonyl (C=O) groups excluding carboxylic acids is 1. The molecule has 0 unspecified atom stereocenters. The molecule has 0 heterocycles. The molecule has 26 heavy (non-hydrogen) atoms. The van der Waals surface area contributed by atoms with Crippen LogP contribution in [-0.4, -0.2) is 5.97 Å². The number of esters is 1. The molecule has 0 atom stereocenters.